The molecule has 0 spiro atoms. The van der Waals surface area contributed by atoms with Crippen LogP contribution >= 0.6 is 15.6 Å². The summed E-state index contributed by atoms with van der Waals surface area (Å²) in [7, 11) is -9.64. The van der Waals surface area contributed by atoms with Gasteiger partial charge in [-0.15, -0.1) is 0 Å². The third-order valence-electron chi connectivity index (χ3n) is 18.2. The summed E-state index contributed by atoms with van der Waals surface area (Å²) in [6.45, 7) is 10.1. The summed E-state index contributed by atoms with van der Waals surface area (Å²) in [6, 6.07) is -1.96. The fraction of sp³-hybridized carbons (Fsp3) is 0.866. The molecule has 7 N–H and O–H groups in total. The van der Waals surface area contributed by atoms with E-state index in [2.05, 4.69) is 87.1 Å². The van der Waals surface area contributed by atoms with Crippen LogP contribution in [0, 0.1) is 0 Å². The topological polar surface area (TPSA) is 336 Å². The van der Waals surface area contributed by atoms with Gasteiger partial charge in [0.15, 0.2) is 0 Å². The first kappa shape index (κ1) is 114. The molecule has 0 aromatic carbocycles. The number of phosphoric acid groups is 2. The SMILES string of the molecule is C.CCCCCC/C=C\CCCC(=O)O[C@H](CCCCCCC)CCOCC(COP(=O)(O)OCCNC(=O)CC(=O)NCCOP(=O)(O)OCC(COCC[C@H](O)CCCCCCC)NC(=O)C[C@@H](CCCCCCC)OC(=O)CCC/C=C\CCCCCC)NC(=O)CC(=O)CCCCCCCCCCC.[H-].[H-].[Na+].[Na+]. The fourth-order valence-electron chi connectivity index (χ4n) is 11.8. The molecule has 0 aromatic rings. The molecule has 28 heteroatoms. The van der Waals surface area contributed by atoms with Crippen molar-refractivity contribution in [1.29, 1.82) is 0 Å². The average molecular weight is 1630 g/mol. The molecule has 0 radical (unpaired) electrons. The second kappa shape index (κ2) is 82.2. The number of allylic oxidation sites excluding steroid dienone is 4. The van der Waals surface area contributed by atoms with E-state index in [1.165, 1.54) is 64.2 Å². The number of hydrogen-bond acceptors (Lipinski definition) is 18. The van der Waals surface area contributed by atoms with Gasteiger partial charge in [-0.25, -0.2) is 9.13 Å². The van der Waals surface area contributed by atoms with E-state index in [4.69, 9.17) is 37.0 Å². The van der Waals surface area contributed by atoms with Crippen molar-refractivity contribution in [3.8, 4) is 0 Å². The number of hydrogen-bond donors (Lipinski definition) is 7. The Morgan fingerprint density at radius 1 is 0.373 bits per heavy atom. The molecule has 4 amide bonds. The molecular formula is C82H158N4Na2O20P2. The fourth-order valence-corrected chi connectivity index (χ4v) is 13.4. The van der Waals surface area contributed by atoms with Crippen LogP contribution < -0.4 is 80.4 Å². The molecule has 0 saturated heterocycles. The van der Waals surface area contributed by atoms with E-state index in [1.807, 2.05) is 0 Å². The summed E-state index contributed by atoms with van der Waals surface area (Å²) >= 11 is 0. The van der Waals surface area contributed by atoms with Gasteiger partial charge in [0.1, 0.15) is 24.4 Å². The van der Waals surface area contributed by atoms with Gasteiger partial charge in [-0.3, -0.25) is 51.7 Å². The van der Waals surface area contributed by atoms with Crippen LogP contribution in [0.15, 0.2) is 24.3 Å². The number of unbranched alkanes of at least 4 members (excludes halogenated alkanes) is 30. The van der Waals surface area contributed by atoms with Crippen molar-refractivity contribution >= 4 is 57.0 Å². The molecule has 0 fully saturated rings. The van der Waals surface area contributed by atoms with Crippen molar-refractivity contribution in [1.82, 2.24) is 21.3 Å². The minimum Gasteiger partial charge on any atom is -1.00 e. The van der Waals surface area contributed by atoms with Gasteiger partial charge in [0.25, 0.3) is 0 Å². The molecule has 4 unspecified atom stereocenters. The van der Waals surface area contributed by atoms with Crippen molar-refractivity contribution < 1.29 is 157 Å². The minimum absolute atomic E-state index is 0. The normalized spacial score (nSPS) is 13.9. The van der Waals surface area contributed by atoms with Crippen molar-refractivity contribution in [2.45, 2.75) is 394 Å². The van der Waals surface area contributed by atoms with Gasteiger partial charge in [0, 0.05) is 45.4 Å². The first-order valence-electron chi connectivity index (χ1n) is 42.1. The number of Topliss-reactive ketones (excluding diaryl/α,β-unsaturated/α-hetero) is 1. The van der Waals surface area contributed by atoms with Gasteiger partial charge in [-0.1, -0.05) is 247 Å². The van der Waals surface area contributed by atoms with Gasteiger partial charge in [-0.05, 0) is 96.3 Å². The quantitative estimate of drug-likeness (QED) is 0.00743. The van der Waals surface area contributed by atoms with E-state index in [9.17, 15) is 57.6 Å². The van der Waals surface area contributed by atoms with Crippen LogP contribution in [0.5, 0.6) is 0 Å². The molecule has 0 bridgehead atoms. The van der Waals surface area contributed by atoms with Crippen LogP contribution in [0.1, 0.15) is 366 Å². The summed E-state index contributed by atoms with van der Waals surface area (Å²) in [5.41, 5.74) is 0. The standard InChI is InChI=1S/C81H152N4O20P2.CH4.2Na.2H/c1-7-13-19-25-28-31-34-40-44-50-73(87)63-78(90)84-70(67-99-60-56-74(51-45-38-23-17-11-5)104-80(92)53-47-41-35-32-29-26-20-14-8-2)68-102-106(94,95)100-61-57-82-76(88)65-77(89)83-58-62-101-107(96,97)103-69-71(66-98-59-55-72(86)49-43-37-22-16-10-4)85-79(91)64-75(52-46-39-24-18-12-6)105-81(93)54-48-42-36-33-30-27-21-15-9-3;;;;;/h32-33,35-36,70-72,74-75,86H,7-31,34,37-69H2,1-6H3,(H,82,88)(H,83,89)(H,84,90)(H,85,91)(H,94,95)(H,96,97);1H4;;;;/q;;2*+1;2*-1/b35-32-,36-33-;;;;;/t70?,71?,72-,74-,75-;;;;;/m1...../s1. The Morgan fingerprint density at radius 3 is 1.16 bits per heavy atom. The van der Waals surface area contributed by atoms with Crippen molar-refractivity contribution in [3.63, 3.8) is 0 Å². The summed E-state index contributed by atoms with van der Waals surface area (Å²) in [5.74, 6) is -3.57. The predicted molar refractivity (Wildman–Crippen MR) is 433 cm³/mol. The Balaban J connectivity index is -0.00000562. The molecule has 0 aliphatic carbocycles. The van der Waals surface area contributed by atoms with Crippen LogP contribution in [0.3, 0.4) is 0 Å². The Labute approximate surface area is 713 Å². The molecule has 0 rings (SSSR count). The van der Waals surface area contributed by atoms with E-state index in [0.717, 1.165) is 161 Å². The van der Waals surface area contributed by atoms with Crippen molar-refractivity contribution in [3.05, 3.63) is 24.3 Å². The molecule has 24 nitrogen and oxygen atoms in total. The van der Waals surface area contributed by atoms with E-state index < -0.39 is 109 Å². The number of aliphatic hydroxyl groups excluding tert-OH is 1. The maximum atomic E-state index is 13.7. The predicted octanol–water partition coefficient (Wildman–Crippen LogP) is 12.5. The van der Waals surface area contributed by atoms with Crippen molar-refractivity contribution in [2.24, 2.45) is 0 Å². The van der Waals surface area contributed by atoms with Gasteiger partial charge >= 0.3 is 86.7 Å². The first-order valence-corrected chi connectivity index (χ1v) is 45.1. The van der Waals surface area contributed by atoms with Crippen molar-refractivity contribution in [2.75, 3.05) is 65.9 Å². The second-order valence-electron chi connectivity index (χ2n) is 28.7. The summed E-state index contributed by atoms with van der Waals surface area (Å²) in [4.78, 5) is 113. The Bertz CT molecular complexity index is 2400. The molecule has 0 heterocycles. The molecule has 0 aliphatic rings. The van der Waals surface area contributed by atoms with Crippen LogP contribution in [0.4, 0.5) is 0 Å². The molecule has 638 valence electrons. The molecular weight excluding hydrogens is 1470 g/mol. The Kier molecular flexibility index (Phi) is 85.5. The maximum absolute atomic E-state index is 13.7. The smallest absolute Gasteiger partial charge is 1.00 e. The number of carbonyl (C=O) groups is 7. The number of nitrogens with one attached hydrogen (secondary N) is 4. The molecule has 110 heavy (non-hydrogen) atoms. The van der Waals surface area contributed by atoms with Gasteiger partial charge in [-0.2, -0.15) is 0 Å². The maximum Gasteiger partial charge on any atom is 1.00 e. The summed E-state index contributed by atoms with van der Waals surface area (Å²) in [5, 5.41) is 20.9. The van der Waals surface area contributed by atoms with E-state index in [-0.39, 0.29) is 146 Å². The summed E-state index contributed by atoms with van der Waals surface area (Å²) in [6.07, 6.45) is 48.2. The molecule has 0 saturated carbocycles. The number of esters is 2. The molecule has 7 atom stereocenters. The van der Waals surface area contributed by atoms with Gasteiger partial charge < -0.3 is 58.0 Å². The summed E-state index contributed by atoms with van der Waals surface area (Å²) < 4.78 is 70.7. The molecule has 0 aromatic heterocycles. The van der Waals surface area contributed by atoms with Gasteiger partial charge in [0.2, 0.25) is 23.6 Å². The number of phosphoric ester groups is 2. The van der Waals surface area contributed by atoms with Crippen LogP contribution in [0.2, 0.25) is 0 Å². The number of carbonyl (C=O) groups excluding carboxylic acids is 7. The number of aliphatic hydroxyl groups is 1. The largest absolute Gasteiger partial charge is 1.00 e. The zero-order chi connectivity index (χ0) is 79.0. The number of ketones is 1. The Morgan fingerprint density at radius 2 is 0.727 bits per heavy atom. The van der Waals surface area contributed by atoms with E-state index in [1.54, 1.807) is 0 Å². The zero-order valence-corrected chi connectivity index (χ0v) is 75.4. The average Bonchev–Trinajstić information content (AvgIpc) is 0.900. The minimum atomic E-state index is -4.82. The van der Waals surface area contributed by atoms with E-state index in [0.29, 0.717) is 57.8 Å². The first-order chi connectivity index (χ1) is 51.7. The second-order valence-corrected chi connectivity index (χ2v) is 31.6. The number of ether oxygens (including phenoxy) is 4. The number of rotatable bonds is 80. The monoisotopic (exact) mass is 1630 g/mol. The van der Waals surface area contributed by atoms with Crippen LogP contribution in [-0.2, 0) is 79.7 Å². The number of amides is 4. The van der Waals surface area contributed by atoms with E-state index >= 15 is 0 Å². The Hall–Kier alpha value is -1.93. The van der Waals surface area contributed by atoms with Gasteiger partial charge in [0.05, 0.1) is 77.3 Å². The van der Waals surface area contributed by atoms with Crippen LogP contribution in [0.25, 0.3) is 0 Å². The molecule has 0 aliphatic heterocycles. The third-order valence-corrected chi connectivity index (χ3v) is 20.2. The third kappa shape index (κ3) is 78.6. The zero-order valence-electron chi connectivity index (χ0n) is 71.6. The van der Waals surface area contributed by atoms with Crippen LogP contribution in [-0.4, -0.2) is 153 Å².